The maximum absolute atomic E-state index is 12.8. The molecule has 0 amide bonds. The molecule has 0 radical (unpaired) electrons. The highest BCUT2D eigenvalue weighted by molar-refractivity contribution is 5.95. The van der Waals surface area contributed by atoms with E-state index in [9.17, 15) is 9.18 Å². The van der Waals surface area contributed by atoms with Crippen molar-refractivity contribution in [2.45, 2.75) is 25.8 Å². The van der Waals surface area contributed by atoms with Crippen LogP contribution in [-0.4, -0.2) is 48.5 Å². The molecule has 0 aliphatic heterocycles. The minimum Gasteiger partial charge on any atom is -0.383 e. The van der Waals surface area contributed by atoms with Crippen molar-refractivity contribution in [3.05, 3.63) is 29.8 Å². The summed E-state index contributed by atoms with van der Waals surface area (Å²) in [7, 11) is 1.68. The van der Waals surface area contributed by atoms with Crippen molar-refractivity contribution in [3.8, 4) is 0 Å². The van der Waals surface area contributed by atoms with Crippen molar-refractivity contribution in [3.63, 3.8) is 0 Å². The Morgan fingerprint density at radius 2 is 2.30 bits per heavy atom. The summed E-state index contributed by atoms with van der Waals surface area (Å²) in [6.45, 7) is 4.11. The zero-order valence-electron chi connectivity index (χ0n) is 12.0. The second kappa shape index (κ2) is 6.90. The van der Waals surface area contributed by atoms with Gasteiger partial charge in [0, 0.05) is 32.2 Å². The number of hydrogen-bond donors (Lipinski definition) is 0. The first-order chi connectivity index (χ1) is 9.61. The molecule has 1 unspecified atom stereocenters. The maximum atomic E-state index is 12.8. The van der Waals surface area contributed by atoms with E-state index < -0.39 is 5.82 Å². The number of hydrogen-bond acceptors (Lipinski definition) is 4. The fraction of sp³-hybridized carbons (Fsp3) is 0.600. The number of carbonyl (C=O) groups excluding carboxylic acids is 1. The highest BCUT2D eigenvalue weighted by Gasteiger charge is 2.31. The molecule has 1 saturated carbocycles. The summed E-state index contributed by atoms with van der Waals surface area (Å²) < 4.78 is 17.9. The summed E-state index contributed by atoms with van der Waals surface area (Å²) in [6.07, 6.45) is 3.47. The van der Waals surface area contributed by atoms with E-state index in [1.54, 1.807) is 7.11 Å². The number of ketones is 1. The molecule has 4 nitrogen and oxygen atoms in total. The molecular weight excluding hydrogens is 259 g/mol. The normalized spacial score (nSPS) is 16.4. The number of aromatic nitrogens is 1. The third kappa shape index (κ3) is 4.08. The lowest BCUT2D eigenvalue weighted by atomic mass is 10.0. The first-order valence-electron chi connectivity index (χ1n) is 7.00. The Bertz CT molecular complexity index is 446. The zero-order chi connectivity index (χ0) is 14.5. The van der Waals surface area contributed by atoms with Gasteiger partial charge in [-0.05, 0) is 25.0 Å². The Balaban J connectivity index is 1.93. The van der Waals surface area contributed by atoms with Crippen molar-refractivity contribution in [2.75, 3.05) is 26.8 Å². The summed E-state index contributed by atoms with van der Waals surface area (Å²) in [5.74, 6) is -0.604. The van der Waals surface area contributed by atoms with Gasteiger partial charge in [-0.25, -0.2) is 4.39 Å². The molecule has 1 fully saturated rings. The molecule has 2 rings (SSSR count). The van der Waals surface area contributed by atoms with Crippen molar-refractivity contribution < 1.29 is 13.9 Å². The summed E-state index contributed by atoms with van der Waals surface area (Å²) in [6, 6.07) is 3.31. The Morgan fingerprint density at radius 3 is 2.85 bits per heavy atom. The molecule has 1 aromatic heterocycles. The molecule has 110 valence electrons. The molecule has 0 saturated heterocycles. The molecule has 0 aromatic carbocycles. The zero-order valence-corrected chi connectivity index (χ0v) is 12.0. The van der Waals surface area contributed by atoms with E-state index in [0.29, 0.717) is 24.9 Å². The lowest BCUT2D eigenvalue weighted by Crippen LogP contribution is -2.36. The van der Waals surface area contributed by atoms with Crippen molar-refractivity contribution in [1.82, 2.24) is 9.88 Å². The van der Waals surface area contributed by atoms with Gasteiger partial charge in [-0.1, -0.05) is 6.92 Å². The van der Waals surface area contributed by atoms with E-state index in [4.69, 9.17) is 4.74 Å². The number of ether oxygens (including phenoxy) is 1. The molecule has 1 atom stereocenters. The van der Waals surface area contributed by atoms with Gasteiger partial charge in [-0.15, -0.1) is 0 Å². The van der Waals surface area contributed by atoms with Gasteiger partial charge < -0.3 is 4.74 Å². The van der Waals surface area contributed by atoms with Crippen molar-refractivity contribution in [1.29, 1.82) is 0 Å². The summed E-state index contributed by atoms with van der Waals surface area (Å²) in [5, 5.41) is 0. The van der Waals surface area contributed by atoms with Crippen LogP contribution in [0.4, 0.5) is 4.39 Å². The van der Waals surface area contributed by atoms with Crippen LogP contribution in [0.15, 0.2) is 18.3 Å². The fourth-order valence-corrected chi connectivity index (χ4v) is 2.28. The van der Waals surface area contributed by atoms with Crippen molar-refractivity contribution >= 4 is 5.78 Å². The van der Waals surface area contributed by atoms with Crippen molar-refractivity contribution in [2.24, 2.45) is 5.92 Å². The third-order valence-electron chi connectivity index (χ3n) is 3.58. The number of rotatable bonds is 8. The Labute approximate surface area is 118 Å². The lowest BCUT2D eigenvalue weighted by Gasteiger charge is -2.24. The molecule has 20 heavy (non-hydrogen) atoms. The average Bonchev–Trinajstić information content (AvgIpc) is 3.27. The predicted octanol–water partition coefficient (Wildman–Crippen LogP) is 2.15. The van der Waals surface area contributed by atoms with Gasteiger partial charge in [0.15, 0.2) is 5.78 Å². The number of methoxy groups -OCH3 is 1. The van der Waals surface area contributed by atoms with Crippen LogP contribution >= 0.6 is 0 Å². The second-order valence-electron chi connectivity index (χ2n) is 5.35. The molecule has 1 aliphatic rings. The smallest absolute Gasteiger partial charge is 0.185 e. The molecule has 5 heteroatoms. The summed E-state index contributed by atoms with van der Waals surface area (Å²) >= 11 is 0. The number of nitrogens with zero attached hydrogens (tertiary/aromatic N) is 2. The summed E-state index contributed by atoms with van der Waals surface area (Å²) in [5.41, 5.74) is 0.335. The largest absolute Gasteiger partial charge is 0.383 e. The van der Waals surface area contributed by atoms with Crippen LogP contribution in [-0.2, 0) is 4.74 Å². The average molecular weight is 280 g/mol. The minimum absolute atomic E-state index is 0.0342. The molecule has 1 heterocycles. The SMILES string of the molecule is COCCN(CC(C)C(=O)c1ccc(F)cn1)C1CC1. The van der Waals surface area contributed by atoms with Crippen LogP contribution < -0.4 is 0 Å². The highest BCUT2D eigenvalue weighted by Crippen LogP contribution is 2.27. The quantitative estimate of drug-likeness (QED) is 0.684. The van der Waals surface area contributed by atoms with Gasteiger partial charge in [0.05, 0.1) is 12.8 Å². The Hall–Kier alpha value is -1.33. The van der Waals surface area contributed by atoms with Gasteiger partial charge in [0.25, 0.3) is 0 Å². The number of halogens is 1. The maximum Gasteiger partial charge on any atom is 0.185 e. The molecular formula is C15H21FN2O2. The van der Waals surface area contributed by atoms with Gasteiger partial charge in [0.2, 0.25) is 0 Å². The third-order valence-corrected chi connectivity index (χ3v) is 3.58. The molecule has 0 spiro atoms. The van der Waals surface area contributed by atoms with Crippen LogP contribution in [0.1, 0.15) is 30.3 Å². The summed E-state index contributed by atoms with van der Waals surface area (Å²) in [4.78, 5) is 18.4. The number of pyridine rings is 1. The van der Waals surface area contributed by atoms with E-state index in [-0.39, 0.29) is 11.7 Å². The first kappa shape index (κ1) is 15.1. The topological polar surface area (TPSA) is 42.4 Å². The van der Waals surface area contributed by atoms with E-state index in [1.165, 1.54) is 25.0 Å². The molecule has 1 aliphatic carbocycles. The lowest BCUT2D eigenvalue weighted by molar-refractivity contribution is 0.0856. The molecule has 0 N–H and O–H groups in total. The van der Waals surface area contributed by atoms with Gasteiger partial charge >= 0.3 is 0 Å². The van der Waals surface area contributed by atoms with Crippen LogP contribution in [0, 0.1) is 11.7 Å². The minimum atomic E-state index is -0.422. The van der Waals surface area contributed by atoms with Crippen LogP contribution in [0.5, 0.6) is 0 Å². The second-order valence-corrected chi connectivity index (χ2v) is 5.35. The van der Waals surface area contributed by atoms with Gasteiger partial charge in [-0.3, -0.25) is 14.7 Å². The first-order valence-corrected chi connectivity index (χ1v) is 7.00. The van der Waals surface area contributed by atoms with Crippen LogP contribution in [0.3, 0.4) is 0 Å². The molecule has 1 aromatic rings. The van der Waals surface area contributed by atoms with E-state index in [1.807, 2.05) is 6.92 Å². The number of Topliss-reactive ketones (excluding diaryl/α,β-unsaturated/α-hetero) is 1. The highest BCUT2D eigenvalue weighted by atomic mass is 19.1. The predicted molar refractivity (Wildman–Crippen MR) is 74.2 cm³/mol. The van der Waals surface area contributed by atoms with Crippen LogP contribution in [0.2, 0.25) is 0 Å². The standard InChI is InChI=1S/C15H21FN2O2/c1-11(10-18(7-8-20-2)13-4-5-13)15(19)14-6-3-12(16)9-17-14/h3,6,9,11,13H,4-5,7-8,10H2,1-2H3. The van der Waals surface area contributed by atoms with E-state index >= 15 is 0 Å². The number of carbonyl (C=O) groups is 1. The van der Waals surface area contributed by atoms with Gasteiger partial charge in [0.1, 0.15) is 11.5 Å². The fourth-order valence-electron chi connectivity index (χ4n) is 2.28. The van der Waals surface area contributed by atoms with E-state index in [0.717, 1.165) is 12.7 Å². The van der Waals surface area contributed by atoms with E-state index in [2.05, 4.69) is 9.88 Å². The Kier molecular flexibility index (Phi) is 5.20. The monoisotopic (exact) mass is 280 g/mol. The molecule has 0 bridgehead atoms. The van der Waals surface area contributed by atoms with Crippen LogP contribution in [0.25, 0.3) is 0 Å². The van der Waals surface area contributed by atoms with Gasteiger partial charge in [-0.2, -0.15) is 0 Å². The Morgan fingerprint density at radius 1 is 1.55 bits per heavy atom.